The van der Waals surface area contributed by atoms with Gasteiger partial charge in [0.25, 0.3) is 0 Å². The van der Waals surface area contributed by atoms with E-state index in [2.05, 4.69) is 0 Å². The second-order valence-corrected chi connectivity index (χ2v) is 6.68. The van der Waals surface area contributed by atoms with Gasteiger partial charge in [-0.15, -0.1) is 0 Å². The van der Waals surface area contributed by atoms with Crippen molar-refractivity contribution < 1.29 is 23.9 Å². The molecule has 146 valence electrons. The number of Topliss-reactive ketones (excluding diaryl/α,β-unsaturated/α-hetero) is 1. The van der Waals surface area contributed by atoms with Gasteiger partial charge in [0.05, 0.1) is 5.56 Å². The van der Waals surface area contributed by atoms with E-state index in [4.69, 9.17) is 9.47 Å². The maximum Gasteiger partial charge on any atom is 0.308 e. The average Bonchev–Trinajstić information content (AvgIpc) is 2.61. The van der Waals surface area contributed by atoms with E-state index >= 15 is 0 Å². The van der Waals surface area contributed by atoms with Crippen LogP contribution in [-0.2, 0) is 22.4 Å². The molecule has 0 atom stereocenters. The first-order valence-electron chi connectivity index (χ1n) is 9.01. The molecular weight excluding hydrogens is 356 g/mol. The van der Waals surface area contributed by atoms with Crippen LogP contribution in [-0.4, -0.2) is 17.7 Å². The molecule has 0 aliphatic heterocycles. The zero-order valence-electron chi connectivity index (χ0n) is 16.6. The molecule has 2 aromatic carbocycles. The third-order valence-corrected chi connectivity index (χ3v) is 3.94. The van der Waals surface area contributed by atoms with Gasteiger partial charge in [-0.3, -0.25) is 14.4 Å². The van der Waals surface area contributed by atoms with Crippen LogP contribution in [0, 0.1) is 0 Å². The zero-order valence-corrected chi connectivity index (χ0v) is 16.6. The topological polar surface area (TPSA) is 69.7 Å². The lowest BCUT2D eigenvalue weighted by Gasteiger charge is -2.16. The van der Waals surface area contributed by atoms with Crippen LogP contribution in [0.1, 0.15) is 49.2 Å². The van der Waals surface area contributed by atoms with Gasteiger partial charge in [0, 0.05) is 25.8 Å². The Morgan fingerprint density at radius 2 is 1.50 bits per heavy atom. The van der Waals surface area contributed by atoms with E-state index in [1.807, 2.05) is 50.3 Å². The molecule has 0 spiro atoms. The van der Waals surface area contributed by atoms with E-state index in [-0.39, 0.29) is 29.3 Å². The van der Waals surface area contributed by atoms with E-state index in [0.29, 0.717) is 12.0 Å². The highest BCUT2D eigenvalue weighted by Crippen LogP contribution is 2.35. The second-order valence-electron chi connectivity index (χ2n) is 6.68. The summed E-state index contributed by atoms with van der Waals surface area (Å²) in [5.74, 6) is -0.805. The lowest BCUT2D eigenvalue weighted by atomic mass is 9.97. The summed E-state index contributed by atoms with van der Waals surface area (Å²) in [4.78, 5) is 36.1. The maximum absolute atomic E-state index is 12.9. The first-order chi connectivity index (χ1) is 13.3. The largest absolute Gasteiger partial charge is 0.426 e. The summed E-state index contributed by atoms with van der Waals surface area (Å²) in [5, 5.41) is 0. The quantitative estimate of drug-likeness (QED) is 0.307. The predicted octanol–water partition coefficient (Wildman–Crippen LogP) is 4.47. The molecule has 0 aliphatic carbocycles. The Morgan fingerprint density at radius 3 is 2.07 bits per heavy atom. The van der Waals surface area contributed by atoms with Crippen LogP contribution in [0.15, 0.2) is 54.1 Å². The van der Waals surface area contributed by atoms with Crippen LogP contribution >= 0.6 is 0 Å². The molecule has 0 saturated carbocycles. The van der Waals surface area contributed by atoms with E-state index in [1.165, 1.54) is 19.9 Å². The standard InChI is InChI=1S/C23H24O5/c1-15(2)10-11-20-22(27-16(3)24)13-12-19(23(20)28-17(4)25)21(26)14-18-8-6-5-7-9-18/h5-10,12-13H,11,14H2,1-4H3. The van der Waals surface area contributed by atoms with Crippen molar-refractivity contribution in [2.75, 3.05) is 0 Å². The number of ether oxygens (including phenoxy) is 2. The number of hydrogen-bond donors (Lipinski definition) is 0. The predicted molar refractivity (Wildman–Crippen MR) is 107 cm³/mol. The van der Waals surface area contributed by atoms with Crippen molar-refractivity contribution in [3.63, 3.8) is 0 Å². The third kappa shape index (κ3) is 5.91. The van der Waals surface area contributed by atoms with Crippen molar-refractivity contribution in [1.29, 1.82) is 0 Å². The first kappa shape index (κ1) is 21.1. The van der Waals surface area contributed by atoms with Crippen molar-refractivity contribution in [2.45, 2.75) is 40.5 Å². The van der Waals surface area contributed by atoms with Crippen LogP contribution in [0.2, 0.25) is 0 Å². The summed E-state index contributed by atoms with van der Waals surface area (Å²) in [6, 6.07) is 12.4. The lowest BCUT2D eigenvalue weighted by Crippen LogP contribution is -2.13. The second kappa shape index (κ2) is 9.65. The Balaban J connectivity index is 2.55. The molecule has 0 aromatic heterocycles. The molecule has 0 bridgehead atoms. The van der Waals surface area contributed by atoms with Crippen LogP contribution in [0.3, 0.4) is 0 Å². The Bertz CT molecular complexity index is 906. The fourth-order valence-corrected chi connectivity index (χ4v) is 2.72. The van der Waals surface area contributed by atoms with Crippen molar-refractivity contribution in [3.8, 4) is 11.5 Å². The molecule has 5 nitrogen and oxygen atoms in total. The third-order valence-electron chi connectivity index (χ3n) is 3.94. The number of carbonyl (C=O) groups is 3. The van der Waals surface area contributed by atoms with Crippen molar-refractivity contribution in [3.05, 3.63) is 70.8 Å². The SMILES string of the molecule is CC(=O)Oc1ccc(C(=O)Cc2ccccc2)c(OC(C)=O)c1CC=C(C)C. The van der Waals surface area contributed by atoms with Gasteiger partial charge >= 0.3 is 11.9 Å². The van der Waals surface area contributed by atoms with Gasteiger partial charge in [-0.05, 0) is 38.0 Å². The van der Waals surface area contributed by atoms with Crippen molar-refractivity contribution in [2.24, 2.45) is 0 Å². The number of allylic oxidation sites excluding steroid dienone is 2. The highest BCUT2D eigenvalue weighted by atomic mass is 16.5. The van der Waals surface area contributed by atoms with E-state index in [9.17, 15) is 14.4 Å². The van der Waals surface area contributed by atoms with Gasteiger partial charge in [0.1, 0.15) is 11.5 Å². The van der Waals surface area contributed by atoms with E-state index < -0.39 is 11.9 Å². The zero-order chi connectivity index (χ0) is 20.7. The summed E-state index contributed by atoms with van der Waals surface area (Å²) >= 11 is 0. The molecule has 2 rings (SSSR count). The number of esters is 2. The van der Waals surface area contributed by atoms with Gasteiger partial charge in [0.15, 0.2) is 5.78 Å². The summed E-state index contributed by atoms with van der Waals surface area (Å²) in [6.45, 7) is 6.43. The monoisotopic (exact) mass is 380 g/mol. The molecule has 5 heteroatoms. The highest BCUT2D eigenvalue weighted by Gasteiger charge is 2.22. The highest BCUT2D eigenvalue weighted by molar-refractivity contribution is 6.01. The molecule has 0 aliphatic rings. The molecule has 0 unspecified atom stereocenters. The van der Waals surface area contributed by atoms with Gasteiger partial charge in [0.2, 0.25) is 0 Å². The molecule has 2 aromatic rings. The van der Waals surface area contributed by atoms with Gasteiger partial charge < -0.3 is 9.47 Å². The fourth-order valence-electron chi connectivity index (χ4n) is 2.72. The van der Waals surface area contributed by atoms with Crippen LogP contribution in [0.25, 0.3) is 0 Å². The normalized spacial score (nSPS) is 10.1. The molecule has 0 heterocycles. The minimum Gasteiger partial charge on any atom is -0.426 e. The molecule has 0 saturated heterocycles. The van der Waals surface area contributed by atoms with Gasteiger partial charge in [-0.1, -0.05) is 42.0 Å². The fraction of sp³-hybridized carbons (Fsp3) is 0.261. The van der Waals surface area contributed by atoms with Crippen molar-refractivity contribution in [1.82, 2.24) is 0 Å². The first-order valence-corrected chi connectivity index (χ1v) is 9.01. The molecule has 0 amide bonds. The number of hydrogen-bond acceptors (Lipinski definition) is 5. The number of rotatable bonds is 7. The smallest absolute Gasteiger partial charge is 0.308 e. The maximum atomic E-state index is 12.9. The Labute approximate surface area is 165 Å². The molecule has 0 fully saturated rings. The minimum absolute atomic E-state index is 0.143. The van der Waals surface area contributed by atoms with Crippen molar-refractivity contribution >= 4 is 17.7 Å². The van der Waals surface area contributed by atoms with E-state index in [1.54, 1.807) is 6.07 Å². The Kier molecular flexibility index (Phi) is 7.27. The number of benzene rings is 2. The van der Waals surface area contributed by atoms with Gasteiger partial charge in [-0.2, -0.15) is 0 Å². The summed E-state index contributed by atoms with van der Waals surface area (Å²) in [6.07, 6.45) is 2.45. The number of carbonyl (C=O) groups excluding carboxylic acids is 3. The Morgan fingerprint density at radius 1 is 0.857 bits per heavy atom. The average molecular weight is 380 g/mol. The molecular formula is C23H24O5. The van der Waals surface area contributed by atoms with E-state index in [0.717, 1.165) is 11.1 Å². The summed E-state index contributed by atoms with van der Waals surface area (Å²) in [5.41, 5.74) is 2.68. The Hall–Kier alpha value is -3.21. The molecule has 0 radical (unpaired) electrons. The lowest BCUT2D eigenvalue weighted by molar-refractivity contribution is -0.132. The molecule has 0 N–H and O–H groups in total. The summed E-state index contributed by atoms with van der Waals surface area (Å²) in [7, 11) is 0. The van der Waals surface area contributed by atoms with Crippen LogP contribution in [0.4, 0.5) is 0 Å². The minimum atomic E-state index is -0.549. The van der Waals surface area contributed by atoms with Crippen LogP contribution < -0.4 is 9.47 Å². The summed E-state index contributed by atoms with van der Waals surface area (Å²) < 4.78 is 10.7. The van der Waals surface area contributed by atoms with Gasteiger partial charge in [-0.25, -0.2) is 0 Å². The van der Waals surface area contributed by atoms with Crippen LogP contribution in [0.5, 0.6) is 11.5 Å². The number of ketones is 1. The molecule has 28 heavy (non-hydrogen) atoms.